The molecule has 28 heavy (non-hydrogen) atoms. The molecule has 0 aromatic heterocycles. The highest BCUT2D eigenvalue weighted by molar-refractivity contribution is 5.89. The van der Waals surface area contributed by atoms with E-state index in [0.717, 1.165) is 43.2 Å². The van der Waals surface area contributed by atoms with Crippen LogP contribution in [0, 0.1) is 0 Å². The van der Waals surface area contributed by atoms with Crippen LogP contribution in [-0.2, 0) is 11.2 Å². The van der Waals surface area contributed by atoms with Crippen LogP contribution in [0.1, 0.15) is 5.56 Å². The fourth-order valence-corrected chi connectivity index (χ4v) is 3.11. The van der Waals surface area contributed by atoms with Crippen LogP contribution in [0.15, 0.2) is 42.5 Å². The lowest BCUT2D eigenvalue weighted by atomic mass is 10.1. The molecule has 1 aliphatic heterocycles. The largest absolute Gasteiger partial charge is 0.493 e. The number of nitrogens with zero attached hydrogens (tertiary/aromatic N) is 1. The van der Waals surface area contributed by atoms with Gasteiger partial charge in [-0.05, 0) is 48.4 Å². The molecule has 2 N–H and O–H groups in total. The molecule has 2 aromatic rings. The van der Waals surface area contributed by atoms with Crippen molar-refractivity contribution in [1.29, 1.82) is 0 Å². The van der Waals surface area contributed by atoms with Crippen molar-refractivity contribution in [3.63, 3.8) is 0 Å². The van der Waals surface area contributed by atoms with Crippen molar-refractivity contribution in [3.8, 4) is 11.5 Å². The number of hydrogen-bond donors (Lipinski definition) is 2. The lowest BCUT2D eigenvalue weighted by Gasteiger charge is -2.28. The van der Waals surface area contributed by atoms with E-state index in [1.54, 1.807) is 14.2 Å². The highest BCUT2D eigenvalue weighted by atomic mass is 16.5. The van der Waals surface area contributed by atoms with E-state index in [1.165, 1.54) is 0 Å². The maximum atomic E-state index is 12.1. The number of nitrogens with one attached hydrogen (secondary N) is 2. The van der Waals surface area contributed by atoms with Crippen molar-refractivity contribution in [2.75, 3.05) is 57.3 Å². The summed E-state index contributed by atoms with van der Waals surface area (Å²) in [5, 5.41) is 5.74. The Kier molecular flexibility index (Phi) is 6.97. The van der Waals surface area contributed by atoms with Crippen LogP contribution in [0.25, 0.3) is 0 Å². The van der Waals surface area contributed by atoms with Crippen LogP contribution in [0.4, 0.5) is 16.2 Å². The molecule has 1 aliphatic rings. The normalized spacial score (nSPS) is 13.7. The lowest BCUT2D eigenvalue weighted by Crippen LogP contribution is -2.36. The molecule has 0 saturated carbocycles. The summed E-state index contributed by atoms with van der Waals surface area (Å²) in [5.74, 6) is 1.38. The second-order valence-corrected chi connectivity index (χ2v) is 6.47. The molecule has 0 spiro atoms. The van der Waals surface area contributed by atoms with Gasteiger partial charge < -0.3 is 29.7 Å². The van der Waals surface area contributed by atoms with Crippen molar-refractivity contribution < 1.29 is 19.0 Å². The van der Waals surface area contributed by atoms with Gasteiger partial charge in [-0.2, -0.15) is 0 Å². The standard InChI is InChI=1S/C21H27N3O4/c1-26-19-8-3-16(15-20(19)27-2)9-10-22-21(25)23-17-4-6-18(7-5-17)24-11-13-28-14-12-24/h3-8,15H,9-14H2,1-2H3,(H2,22,23,25). The summed E-state index contributed by atoms with van der Waals surface area (Å²) in [7, 11) is 3.22. The smallest absolute Gasteiger partial charge is 0.319 e. The first-order valence-corrected chi connectivity index (χ1v) is 9.38. The van der Waals surface area contributed by atoms with Crippen LogP contribution < -0.4 is 25.0 Å². The minimum atomic E-state index is -0.223. The van der Waals surface area contributed by atoms with Gasteiger partial charge in [0.05, 0.1) is 27.4 Å². The van der Waals surface area contributed by atoms with E-state index in [2.05, 4.69) is 15.5 Å². The van der Waals surface area contributed by atoms with E-state index in [4.69, 9.17) is 14.2 Å². The summed E-state index contributed by atoms with van der Waals surface area (Å²) in [4.78, 5) is 14.4. The first-order valence-electron chi connectivity index (χ1n) is 9.38. The fraction of sp³-hybridized carbons (Fsp3) is 0.381. The quantitative estimate of drug-likeness (QED) is 0.767. The summed E-state index contributed by atoms with van der Waals surface area (Å²) in [6.07, 6.45) is 0.698. The molecule has 1 fully saturated rings. The Labute approximate surface area is 165 Å². The fourth-order valence-electron chi connectivity index (χ4n) is 3.11. The molecule has 1 heterocycles. The van der Waals surface area contributed by atoms with Crippen LogP contribution in [-0.4, -0.2) is 53.1 Å². The van der Waals surface area contributed by atoms with Crippen molar-refractivity contribution in [1.82, 2.24) is 5.32 Å². The van der Waals surface area contributed by atoms with Gasteiger partial charge in [0, 0.05) is 31.0 Å². The number of morpholine rings is 1. The maximum Gasteiger partial charge on any atom is 0.319 e. The average Bonchev–Trinajstić information content (AvgIpc) is 2.74. The Hall–Kier alpha value is -2.93. The molecule has 2 aromatic carbocycles. The molecule has 3 rings (SSSR count). The summed E-state index contributed by atoms with van der Waals surface area (Å²) in [6.45, 7) is 3.81. The monoisotopic (exact) mass is 385 g/mol. The predicted octanol–water partition coefficient (Wildman–Crippen LogP) is 2.90. The molecule has 2 amide bonds. The van der Waals surface area contributed by atoms with E-state index in [9.17, 15) is 4.79 Å². The third kappa shape index (κ3) is 5.29. The molecule has 150 valence electrons. The lowest BCUT2D eigenvalue weighted by molar-refractivity contribution is 0.122. The Balaban J connectivity index is 1.45. The summed E-state index contributed by atoms with van der Waals surface area (Å²) >= 11 is 0. The average molecular weight is 385 g/mol. The number of methoxy groups -OCH3 is 2. The van der Waals surface area contributed by atoms with Crippen molar-refractivity contribution >= 4 is 17.4 Å². The van der Waals surface area contributed by atoms with Gasteiger partial charge in [0.2, 0.25) is 0 Å². The Morgan fingerprint density at radius 3 is 2.43 bits per heavy atom. The topological polar surface area (TPSA) is 72.1 Å². The number of carbonyl (C=O) groups is 1. The van der Waals surface area contributed by atoms with Gasteiger partial charge in [-0.25, -0.2) is 4.79 Å². The molecule has 0 bridgehead atoms. The van der Waals surface area contributed by atoms with Gasteiger partial charge in [0.1, 0.15) is 0 Å². The van der Waals surface area contributed by atoms with E-state index in [1.807, 2.05) is 42.5 Å². The van der Waals surface area contributed by atoms with Gasteiger partial charge in [0.15, 0.2) is 11.5 Å². The molecule has 0 radical (unpaired) electrons. The van der Waals surface area contributed by atoms with Crippen LogP contribution in [0.3, 0.4) is 0 Å². The maximum absolute atomic E-state index is 12.1. The van der Waals surface area contributed by atoms with Crippen LogP contribution >= 0.6 is 0 Å². The van der Waals surface area contributed by atoms with E-state index in [-0.39, 0.29) is 6.03 Å². The summed E-state index contributed by atoms with van der Waals surface area (Å²) in [5.41, 5.74) is 2.97. The van der Waals surface area contributed by atoms with Gasteiger partial charge in [-0.1, -0.05) is 6.07 Å². The zero-order valence-corrected chi connectivity index (χ0v) is 16.4. The van der Waals surface area contributed by atoms with E-state index in [0.29, 0.717) is 24.5 Å². The molecule has 1 saturated heterocycles. The van der Waals surface area contributed by atoms with Crippen LogP contribution in [0.2, 0.25) is 0 Å². The number of benzene rings is 2. The Morgan fingerprint density at radius 2 is 1.75 bits per heavy atom. The third-order valence-corrected chi connectivity index (χ3v) is 4.65. The molecule has 0 atom stereocenters. The molecule has 7 heteroatoms. The van der Waals surface area contributed by atoms with Gasteiger partial charge in [0.25, 0.3) is 0 Å². The predicted molar refractivity (Wildman–Crippen MR) is 110 cm³/mol. The Bertz CT molecular complexity index is 774. The third-order valence-electron chi connectivity index (χ3n) is 4.65. The van der Waals surface area contributed by atoms with Gasteiger partial charge >= 0.3 is 6.03 Å². The first kappa shape index (κ1) is 19.8. The number of urea groups is 1. The zero-order chi connectivity index (χ0) is 19.8. The van der Waals surface area contributed by atoms with Gasteiger partial charge in [-0.15, -0.1) is 0 Å². The van der Waals surface area contributed by atoms with Crippen molar-refractivity contribution in [3.05, 3.63) is 48.0 Å². The van der Waals surface area contributed by atoms with Crippen LogP contribution in [0.5, 0.6) is 11.5 Å². The van der Waals surface area contributed by atoms with E-state index >= 15 is 0 Å². The highest BCUT2D eigenvalue weighted by Crippen LogP contribution is 2.27. The second-order valence-electron chi connectivity index (χ2n) is 6.47. The molecule has 0 unspecified atom stereocenters. The molecular formula is C21H27N3O4. The molecule has 0 aliphatic carbocycles. The molecule has 7 nitrogen and oxygen atoms in total. The minimum absolute atomic E-state index is 0.223. The summed E-state index contributed by atoms with van der Waals surface area (Å²) < 4.78 is 15.9. The molecular weight excluding hydrogens is 358 g/mol. The summed E-state index contributed by atoms with van der Waals surface area (Å²) in [6, 6.07) is 13.4. The van der Waals surface area contributed by atoms with Gasteiger partial charge in [-0.3, -0.25) is 0 Å². The number of rotatable bonds is 7. The van der Waals surface area contributed by atoms with Crippen molar-refractivity contribution in [2.24, 2.45) is 0 Å². The van der Waals surface area contributed by atoms with E-state index < -0.39 is 0 Å². The number of hydrogen-bond acceptors (Lipinski definition) is 5. The van der Waals surface area contributed by atoms with Crippen molar-refractivity contribution in [2.45, 2.75) is 6.42 Å². The Morgan fingerprint density at radius 1 is 1.04 bits per heavy atom. The SMILES string of the molecule is COc1ccc(CCNC(=O)Nc2ccc(N3CCOCC3)cc2)cc1OC. The number of carbonyl (C=O) groups excluding carboxylic acids is 1. The first-order chi connectivity index (χ1) is 13.7. The number of anilines is 2. The minimum Gasteiger partial charge on any atom is -0.493 e. The second kappa shape index (κ2) is 9.85. The number of ether oxygens (including phenoxy) is 3. The zero-order valence-electron chi connectivity index (χ0n) is 16.4. The highest BCUT2D eigenvalue weighted by Gasteiger charge is 2.11. The number of amides is 2.